The van der Waals surface area contributed by atoms with E-state index in [-0.39, 0.29) is 63.8 Å². The standard InChI is InChI=1S/4C8H16.2ClH.2Rh/c4*1-3-5-7-8-6-4-2;;;;/h4*3H,1,4-8H2,2H3;2*1H;;. The van der Waals surface area contributed by atoms with Crippen LogP contribution in [-0.4, -0.2) is 0 Å². The quantitative estimate of drug-likeness (QED) is 0.0666. The Labute approximate surface area is 268 Å². The van der Waals surface area contributed by atoms with E-state index in [9.17, 15) is 0 Å². The Morgan fingerprint density at radius 2 is 0.500 bits per heavy atom. The van der Waals surface area contributed by atoms with Gasteiger partial charge in [0.05, 0.1) is 0 Å². The van der Waals surface area contributed by atoms with Crippen molar-refractivity contribution in [2.24, 2.45) is 0 Å². The molecule has 4 heteroatoms. The summed E-state index contributed by atoms with van der Waals surface area (Å²) in [6, 6.07) is 0. The largest absolute Gasteiger partial charge is 0.147 e. The van der Waals surface area contributed by atoms with Gasteiger partial charge in [0, 0.05) is 39.0 Å². The van der Waals surface area contributed by atoms with Crippen molar-refractivity contribution in [1.82, 2.24) is 0 Å². The number of halogens is 2. The van der Waals surface area contributed by atoms with Crippen LogP contribution in [0.15, 0.2) is 50.6 Å². The molecule has 0 aromatic heterocycles. The van der Waals surface area contributed by atoms with Crippen molar-refractivity contribution >= 4 is 24.8 Å². The Morgan fingerprint density at radius 3 is 0.611 bits per heavy atom. The van der Waals surface area contributed by atoms with Crippen LogP contribution < -0.4 is 0 Å². The molecule has 0 bridgehead atoms. The monoisotopic (exact) mass is 726 g/mol. The number of rotatable bonds is 20. The average Bonchev–Trinajstić information content (AvgIpc) is 2.82. The second kappa shape index (κ2) is 70.5. The molecule has 0 spiro atoms. The van der Waals surface area contributed by atoms with Crippen LogP contribution in [-0.2, 0) is 39.0 Å². The Morgan fingerprint density at radius 1 is 0.333 bits per heavy atom. The summed E-state index contributed by atoms with van der Waals surface area (Å²) in [5.41, 5.74) is 0. The summed E-state index contributed by atoms with van der Waals surface area (Å²) in [6.45, 7) is 23.6. The minimum absolute atomic E-state index is 0. The summed E-state index contributed by atoms with van der Waals surface area (Å²) in [6.07, 6.45) is 34.4. The first-order chi connectivity index (χ1) is 15.7. The van der Waals surface area contributed by atoms with E-state index in [4.69, 9.17) is 0 Å². The molecule has 0 aromatic carbocycles. The summed E-state index contributed by atoms with van der Waals surface area (Å²) in [5, 5.41) is 0. The minimum Gasteiger partial charge on any atom is -0.147 e. The average molecular weight is 728 g/mol. The summed E-state index contributed by atoms with van der Waals surface area (Å²) in [7, 11) is 0. The number of allylic oxidation sites excluding steroid dienone is 4. The van der Waals surface area contributed by atoms with E-state index in [1.54, 1.807) is 0 Å². The van der Waals surface area contributed by atoms with Crippen LogP contribution in [0.5, 0.6) is 0 Å². The maximum Gasteiger partial charge on any atom is 0 e. The zero-order valence-corrected chi connectivity index (χ0v) is 29.7. The molecule has 0 aliphatic heterocycles. The fourth-order valence-electron chi connectivity index (χ4n) is 2.86. The number of hydrogen-bond acceptors (Lipinski definition) is 0. The van der Waals surface area contributed by atoms with E-state index in [2.05, 4.69) is 54.0 Å². The van der Waals surface area contributed by atoms with Gasteiger partial charge in [0.1, 0.15) is 0 Å². The van der Waals surface area contributed by atoms with Crippen LogP contribution in [0.3, 0.4) is 0 Å². The third-order valence-electron chi connectivity index (χ3n) is 5.05. The van der Waals surface area contributed by atoms with Crippen LogP contribution in [0.4, 0.5) is 0 Å². The van der Waals surface area contributed by atoms with Gasteiger partial charge in [0.15, 0.2) is 0 Å². The van der Waals surface area contributed by atoms with E-state index in [0.717, 1.165) is 0 Å². The van der Waals surface area contributed by atoms with Crippen molar-refractivity contribution in [1.29, 1.82) is 0 Å². The third kappa shape index (κ3) is 91.9. The normalized spacial score (nSPS) is 8.11. The molecule has 0 nitrogen and oxygen atoms in total. The zero-order valence-electron chi connectivity index (χ0n) is 24.8. The topological polar surface area (TPSA) is 0 Å². The summed E-state index contributed by atoms with van der Waals surface area (Å²) >= 11 is 0. The Balaban J connectivity index is -0.0000000467. The van der Waals surface area contributed by atoms with Crippen molar-refractivity contribution < 1.29 is 39.0 Å². The van der Waals surface area contributed by atoms with Gasteiger partial charge in [0.25, 0.3) is 0 Å². The van der Waals surface area contributed by atoms with Gasteiger partial charge in [-0.05, 0) is 51.4 Å². The van der Waals surface area contributed by atoms with Gasteiger partial charge >= 0.3 is 0 Å². The van der Waals surface area contributed by atoms with Gasteiger partial charge in [-0.15, -0.1) is 51.1 Å². The van der Waals surface area contributed by atoms with Crippen molar-refractivity contribution in [3.05, 3.63) is 50.6 Å². The molecule has 0 atom stereocenters. The van der Waals surface area contributed by atoms with Gasteiger partial charge in [-0.2, -0.15) is 0 Å². The van der Waals surface area contributed by atoms with Crippen molar-refractivity contribution in [2.75, 3.05) is 0 Å². The van der Waals surface area contributed by atoms with Crippen LogP contribution in [0.2, 0.25) is 0 Å². The molecule has 36 heavy (non-hydrogen) atoms. The smallest absolute Gasteiger partial charge is 0 e. The minimum atomic E-state index is 0. The first kappa shape index (κ1) is 56.9. The van der Waals surface area contributed by atoms with E-state index in [1.165, 1.54) is 128 Å². The molecule has 0 unspecified atom stereocenters. The zero-order chi connectivity index (χ0) is 25.0. The first-order valence-corrected chi connectivity index (χ1v) is 14.1. The Hall–Kier alpha value is 0.787. The Kier molecular flexibility index (Phi) is 111. The molecule has 0 N–H and O–H groups in total. The Bertz CT molecular complexity index is 270. The van der Waals surface area contributed by atoms with E-state index in [0.29, 0.717) is 0 Å². The van der Waals surface area contributed by atoms with Gasteiger partial charge in [-0.25, -0.2) is 0 Å². The summed E-state index contributed by atoms with van der Waals surface area (Å²) in [4.78, 5) is 0. The van der Waals surface area contributed by atoms with E-state index < -0.39 is 0 Å². The predicted molar refractivity (Wildman–Crippen MR) is 170 cm³/mol. The van der Waals surface area contributed by atoms with Crippen LogP contribution in [0, 0.1) is 0 Å². The van der Waals surface area contributed by atoms with Gasteiger partial charge in [-0.1, -0.05) is 129 Å². The summed E-state index contributed by atoms with van der Waals surface area (Å²) < 4.78 is 0. The van der Waals surface area contributed by atoms with Crippen molar-refractivity contribution in [3.63, 3.8) is 0 Å². The molecule has 0 saturated carbocycles. The molecule has 0 aromatic rings. The SMILES string of the molecule is C=CCCCCCC.C=CCCCCCC.C=CCCCCCC.C=CCCCCCC.Cl.Cl.[Rh].[Rh]. The van der Waals surface area contributed by atoms with E-state index >= 15 is 0 Å². The molecule has 0 aliphatic carbocycles. The second-order valence-electron chi connectivity index (χ2n) is 8.55. The van der Waals surface area contributed by atoms with Crippen LogP contribution in [0.1, 0.15) is 156 Å². The van der Waals surface area contributed by atoms with Crippen molar-refractivity contribution in [2.45, 2.75) is 156 Å². The fraction of sp³-hybridized carbons (Fsp3) is 0.750. The molecule has 0 aliphatic rings. The molecule has 0 rings (SSSR count). The van der Waals surface area contributed by atoms with Crippen LogP contribution >= 0.6 is 24.8 Å². The molecule has 2 radical (unpaired) electrons. The van der Waals surface area contributed by atoms with Crippen LogP contribution in [0.25, 0.3) is 0 Å². The molecule has 0 saturated heterocycles. The van der Waals surface area contributed by atoms with Crippen molar-refractivity contribution in [3.8, 4) is 0 Å². The first-order valence-electron chi connectivity index (χ1n) is 14.1. The number of hydrogen-bond donors (Lipinski definition) is 0. The molecular weight excluding hydrogens is 661 g/mol. The molecule has 226 valence electrons. The van der Waals surface area contributed by atoms with E-state index in [1.807, 2.05) is 24.3 Å². The molecule has 0 amide bonds. The second-order valence-corrected chi connectivity index (χ2v) is 8.55. The molecular formula is C32H66Cl2Rh2. The third-order valence-corrected chi connectivity index (χ3v) is 5.05. The fourth-order valence-corrected chi connectivity index (χ4v) is 2.86. The molecule has 0 heterocycles. The maximum absolute atomic E-state index is 3.66. The van der Waals surface area contributed by atoms with Gasteiger partial charge < -0.3 is 0 Å². The number of unbranched alkanes of at least 4 members (excludes halogenated alkanes) is 16. The predicted octanol–water partition coefficient (Wildman–Crippen LogP) is 13.4. The van der Waals surface area contributed by atoms with Gasteiger partial charge in [0.2, 0.25) is 0 Å². The van der Waals surface area contributed by atoms with Gasteiger partial charge in [-0.3, -0.25) is 0 Å². The maximum atomic E-state index is 3.66. The molecule has 0 fully saturated rings. The summed E-state index contributed by atoms with van der Waals surface area (Å²) in [5.74, 6) is 0.